The summed E-state index contributed by atoms with van der Waals surface area (Å²) in [7, 11) is 0. The number of tetrazole rings is 1. The third kappa shape index (κ3) is 7.81. The van der Waals surface area contributed by atoms with Gasteiger partial charge in [-0.3, -0.25) is 14.5 Å². The third-order valence-electron chi connectivity index (χ3n) is 6.53. The zero-order chi connectivity index (χ0) is 34.2. The van der Waals surface area contributed by atoms with Gasteiger partial charge in [-0.1, -0.05) is 65.1 Å². The zero-order valence-corrected chi connectivity index (χ0v) is 27.1. The number of anilines is 1. The molecule has 0 bridgehead atoms. The fraction of sp³-hybridized carbons (Fsp3) is 0.259. The normalized spacial score (nSPS) is 17.8. The number of β-lactam (4-membered cyclic amide) rings is 1. The summed E-state index contributed by atoms with van der Waals surface area (Å²) in [5.41, 5.74) is 6.34. The largest absolute Gasteiger partial charge is 0.477 e. The molecular weight excluding hydrogens is 689 g/mol. The predicted octanol–water partition coefficient (Wildman–Crippen LogP) is 0.807. The molecule has 0 radical (unpaired) electrons. The highest BCUT2D eigenvalue weighted by Gasteiger charge is 2.54. The van der Waals surface area contributed by atoms with Gasteiger partial charge in [0.25, 0.3) is 11.8 Å². The maximum atomic E-state index is 13.4. The van der Waals surface area contributed by atoms with Gasteiger partial charge < -0.3 is 30.9 Å². The van der Waals surface area contributed by atoms with E-state index < -0.39 is 35.2 Å². The number of rotatable bonds is 16. The van der Waals surface area contributed by atoms with Crippen LogP contribution in [0, 0.1) is 0 Å². The van der Waals surface area contributed by atoms with Gasteiger partial charge in [0.15, 0.2) is 16.6 Å². The molecule has 48 heavy (non-hydrogen) atoms. The molecule has 18 nitrogen and oxygen atoms in total. The monoisotopic (exact) mass is 714 g/mol. The summed E-state index contributed by atoms with van der Waals surface area (Å²) in [4.78, 5) is 66.2. The van der Waals surface area contributed by atoms with Crippen molar-refractivity contribution >= 4 is 75.2 Å². The topological polar surface area (TPSA) is 250 Å². The number of thioether (sulfide) groups is 2. The van der Waals surface area contributed by atoms with Crippen molar-refractivity contribution in [3.8, 4) is 0 Å². The minimum absolute atomic E-state index is 0.00260. The molecule has 2 aromatic heterocycles. The first-order valence-electron chi connectivity index (χ1n) is 13.8. The molecule has 2 amide bonds. The Bertz CT molecular complexity index is 1810. The maximum absolute atomic E-state index is 13.4. The molecular formula is C27H26N10O8S3. The Hall–Kier alpha value is -5.28. The first-order valence-corrected chi connectivity index (χ1v) is 16.7. The van der Waals surface area contributed by atoms with E-state index in [-0.39, 0.29) is 64.4 Å². The lowest BCUT2D eigenvalue weighted by Crippen LogP contribution is -2.71. The Labute approximate surface area is 283 Å². The lowest BCUT2D eigenvalue weighted by molar-refractivity contribution is -0.150. The lowest BCUT2D eigenvalue weighted by Gasteiger charge is -2.49. The molecule has 5 rings (SSSR count). The van der Waals surface area contributed by atoms with E-state index in [2.05, 4.69) is 42.7 Å². The van der Waals surface area contributed by atoms with Gasteiger partial charge in [-0.2, -0.15) is 0 Å². The Balaban J connectivity index is 1.27. The number of nitrogens with one attached hydrogen (secondary N) is 1. The fourth-order valence-corrected chi connectivity index (χ4v) is 7.26. The Morgan fingerprint density at radius 1 is 1.21 bits per heavy atom. The SMILES string of the molecule is C=CCON=C(Cn1nnnc1SCC1=C(C(=O)O)N2C(=O)C(NC(=O)C(=NOCc3ccccc3)c3csc(N)n3)[C@@H]2SC1)C(=O)O. The minimum atomic E-state index is -1.34. The number of hydrogen-bond donors (Lipinski definition) is 4. The fourth-order valence-electron chi connectivity index (χ4n) is 4.35. The number of amides is 2. The summed E-state index contributed by atoms with van der Waals surface area (Å²) in [6.07, 6.45) is 1.40. The van der Waals surface area contributed by atoms with Crippen LogP contribution in [0.2, 0.25) is 0 Å². The van der Waals surface area contributed by atoms with Gasteiger partial charge in [-0.15, -0.1) is 28.2 Å². The number of aromatic nitrogens is 5. The molecule has 2 atom stereocenters. The van der Waals surface area contributed by atoms with Gasteiger partial charge in [-0.05, 0) is 21.6 Å². The first-order chi connectivity index (χ1) is 23.2. The number of carboxylic acids is 2. The second-order valence-electron chi connectivity index (χ2n) is 9.72. The molecule has 2 aliphatic heterocycles. The van der Waals surface area contributed by atoms with Crippen LogP contribution in [0.3, 0.4) is 0 Å². The Morgan fingerprint density at radius 2 is 2.00 bits per heavy atom. The van der Waals surface area contributed by atoms with Crippen LogP contribution in [0.15, 0.2) is 75.1 Å². The number of hydrogen-bond acceptors (Lipinski definition) is 16. The van der Waals surface area contributed by atoms with Crippen molar-refractivity contribution in [3.05, 3.63) is 70.9 Å². The Morgan fingerprint density at radius 3 is 2.69 bits per heavy atom. The molecule has 1 saturated heterocycles. The molecule has 1 fully saturated rings. The number of nitrogen functional groups attached to an aromatic ring is 1. The number of oxime groups is 2. The number of thiazole rings is 1. The third-order valence-corrected chi connectivity index (χ3v) is 9.59. The van der Waals surface area contributed by atoms with E-state index >= 15 is 0 Å². The molecule has 250 valence electrons. The van der Waals surface area contributed by atoms with Crippen LogP contribution < -0.4 is 11.1 Å². The van der Waals surface area contributed by atoms with Gasteiger partial charge in [0.05, 0.1) is 6.54 Å². The number of carbonyl (C=O) groups is 4. The highest BCUT2D eigenvalue weighted by atomic mass is 32.2. The van der Waals surface area contributed by atoms with Crippen molar-refractivity contribution in [1.29, 1.82) is 0 Å². The Kier molecular flexibility index (Phi) is 11.0. The van der Waals surface area contributed by atoms with E-state index in [1.165, 1.54) is 27.9 Å². The van der Waals surface area contributed by atoms with E-state index in [9.17, 15) is 29.4 Å². The number of fused-ring (bicyclic) bond motifs is 1. The van der Waals surface area contributed by atoms with Crippen LogP contribution in [0.5, 0.6) is 0 Å². The molecule has 1 unspecified atom stereocenters. The van der Waals surface area contributed by atoms with Gasteiger partial charge in [0, 0.05) is 16.9 Å². The number of carbonyl (C=O) groups excluding carboxylic acids is 2. The van der Waals surface area contributed by atoms with Gasteiger partial charge in [0.2, 0.25) is 5.16 Å². The molecule has 0 aliphatic carbocycles. The van der Waals surface area contributed by atoms with Crippen LogP contribution in [-0.2, 0) is 42.0 Å². The second kappa shape index (κ2) is 15.5. The zero-order valence-electron chi connectivity index (χ0n) is 24.7. The quantitative estimate of drug-likeness (QED) is 0.0400. The van der Waals surface area contributed by atoms with Crippen molar-refractivity contribution < 1.29 is 39.1 Å². The molecule has 0 spiro atoms. The van der Waals surface area contributed by atoms with E-state index in [1.54, 1.807) is 0 Å². The number of nitrogens with zero attached hydrogens (tertiary/aromatic N) is 8. The van der Waals surface area contributed by atoms with Crippen LogP contribution in [0.1, 0.15) is 11.3 Å². The number of carboxylic acid groups (broad SMARTS) is 2. The van der Waals surface area contributed by atoms with E-state index in [0.717, 1.165) is 33.6 Å². The number of nitrogens with two attached hydrogens (primary N) is 1. The van der Waals surface area contributed by atoms with Crippen LogP contribution in [-0.4, -0.2) is 105 Å². The molecule has 0 saturated carbocycles. The van der Waals surface area contributed by atoms with Crippen molar-refractivity contribution in [2.24, 2.45) is 10.3 Å². The first kappa shape index (κ1) is 34.1. The van der Waals surface area contributed by atoms with Crippen LogP contribution in [0.25, 0.3) is 0 Å². The van der Waals surface area contributed by atoms with E-state index in [1.807, 2.05) is 30.3 Å². The predicted molar refractivity (Wildman–Crippen MR) is 174 cm³/mol. The van der Waals surface area contributed by atoms with Crippen molar-refractivity contribution in [1.82, 2.24) is 35.4 Å². The molecule has 2 aliphatic rings. The standard InChI is InChI=1S/C27H26N10O8S3/c1-2-8-44-32-16(24(40)41)9-36-27(31-34-35-36)48-12-15-11-46-23-19(22(39)37(23)20(15)25(42)43)30-21(38)18(17-13-47-26(28)29-17)33-45-10-14-6-4-3-5-7-14/h2-7,13,19,23H,1,8-12H2,(H2,28,29)(H,30,38)(H,40,41)(H,42,43)/t19?,23-/m0/s1. The summed E-state index contributed by atoms with van der Waals surface area (Å²) in [5, 5.41) is 42.2. The number of aliphatic carboxylic acids is 2. The maximum Gasteiger partial charge on any atom is 0.355 e. The van der Waals surface area contributed by atoms with E-state index in [4.69, 9.17) is 15.4 Å². The molecule has 3 aromatic rings. The van der Waals surface area contributed by atoms with Crippen molar-refractivity contribution in [2.45, 2.75) is 29.7 Å². The average Bonchev–Trinajstić information content (AvgIpc) is 3.72. The summed E-state index contributed by atoms with van der Waals surface area (Å²) in [5.74, 6) is -3.78. The summed E-state index contributed by atoms with van der Waals surface area (Å²) >= 11 is 3.40. The molecule has 21 heteroatoms. The summed E-state index contributed by atoms with van der Waals surface area (Å²) in [6.45, 7) is 3.21. The van der Waals surface area contributed by atoms with E-state index in [0.29, 0.717) is 5.57 Å². The van der Waals surface area contributed by atoms with Gasteiger partial charge in [0.1, 0.15) is 36.0 Å². The second-order valence-corrected chi connectivity index (χ2v) is 12.7. The minimum Gasteiger partial charge on any atom is -0.477 e. The molecule has 4 heterocycles. The van der Waals surface area contributed by atoms with Crippen LogP contribution in [0.4, 0.5) is 5.13 Å². The van der Waals surface area contributed by atoms with Crippen molar-refractivity contribution in [2.75, 3.05) is 23.8 Å². The van der Waals surface area contributed by atoms with Gasteiger partial charge >= 0.3 is 11.9 Å². The van der Waals surface area contributed by atoms with Crippen LogP contribution >= 0.6 is 34.9 Å². The van der Waals surface area contributed by atoms with Gasteiger partial charge in [-0.25, -0.2) is 19.3 Å². The lowest BCUT2D eigenvalue weighted by atomic mass is 10.0. The van der Waals surface area contributed by atoms with Crippen molar-refractivity contribution in [3.63, 3.8) is 0 Å². The summed E-state index contributed by atoms with van der Waals surface area (Å²) < 4.78 is 1.17. The highest BCUT2D eigenvalue weighted by Crippen LogP contribution is 2.41. The summed E-state index contributed by atoms with van der Waals surface area (Å²) in [6, 6.07) is 8.11. The highest BCUT2D eigenvalue weighted by molar-refractivity contribution is 8.01. The average molecular weight is 715 g/mol. The molecule has 1 aromatic carbocycles. The smallest absolute Gasteiger partial charge is 0.355 e. The molecule has 5 N–H and O–H groups in total. The number of benzene rings is 1.